The van der Waals surface area contributed by atoms with Crippen LogP contribution in [0.4, 0.5) is 0 Å². The highest BCUT2D eigenvalue weighted by molar-refractivity contribution is 5.79. The van der Waals surface area contributed by atoms with Crippen LogP contribution < -0.4 is 10.1 Å². The maximum Gasteiger partial charge on any atom is 0.224 e. The number of likely N-dealkylation sites (tertiary alicyclic amines) is 1. The van der Waals surface area contributed by atoms with Gasteiger partial charge in [0.2, 0.25) is 5.91 Å². The Kier molecular flexibility index (Phi) is 7.51. The third kappa shape index (κ3) is 5.54. The van der Waals surface area contributed by atoms with Gasteiger partial charge < -0.3 is 15.0 Å². The summed E-state index contributed by atoms with van der Waals surface area (Å²) in [5.74, 6) is 0.859. The first kappa shape index (κ1) is 22.0. The van der Waals surface area contributed by atoms with Gasteiger partial charge in [-0.3, -0.25) is 9.78 Å². The van der Waals surface area contributed by atoms with Gasteiger partial charge in [-0.25, -0.2) is 0 Å². The summed E-state index contributed by atoms with van der Waals surface area (Å²) in [5, 5.41) is 3.27. The molecule has 1 aliphatic rings. The van der Waals surface area contributed by atoms with Gasteiger partial charge in [0, 0.05) is 24.2 Å². The third-order valence-corrected chi connectivity index (χ3v) is 6.24. The molecule has 1 fully saturated rings. The lowest BCUT2D eigenvalue weighted by Gasteiger charge is -2.32. The van der Waals surface area contributed by atoms with Gasteiger partial charge in [-0.05, 0) is 56.1 Å². The van der Waals surface area contributed by atoms with Crippen molar-refractivity contribution in [1.82, 2.24) is 15.2 Å². The molecule has 1 aromatic heterocycles. The number of nitrogens with zero attached hydrogens (tertiary/aromatic N) is 2. The van der Waals surface area contributed by atoms with Crippen molar-refractivity contribution < 1.29 is 9.53 Å². The van der Waals surface area contributed by atoms with Crippen LogP contribution in [0.3, 0.4) is 0 Å². The van der Waals surface area contributed by atoms with Crippen LogP contribution in [0.25, 0.3) is 0 Å². The lowest BCUT2D eigenvalue weighted by atomic mass is 9.94. The molecule has 4 rings (SSSR count). The number of ether oxygens (including phenoxy) is 1. The summed E-state index contributed by atoms with van der Waals surface area (Å²) in [5.41, 5.74) is 3.09. The number of hydrogen-bond donors (Lipinski definition) is 1. The summed E-state index contributed by atoms with van der Waals surface area (Å²) >= 11 is 0. The number of methoxy groups -OCH3 is 1. The van der Waals surface area contributed by atoms with Gasteiger partial charge >= 0.3 is 0 Å². The Bertz CT molecular complexity index is 986. The molecule has 1 saturated heterocycles. The second-order valence-electron chi connectivity index (χ2n) is 8.29. The lowest BCUT2D eigenvalue weighted by molar-refractivity contribution is -0.127. The largest absolute Gasteiger partial charge is 0.496 e. The molecule has 0 radical (unpaired) electrons. The molecule has 0 saturated carbocycles. The SMILES string of the molecule is COc1ccccc1C(NC(=O)C1CCN(CCc2ccccc2)CC1)c1ccccn1. The highest BCUT2D eigenvalue weighted by Gasteiger charge is 2.28. The first-order valence-electron chi connectivity index (χ1n) is 11.3. The minimum atomic E-state index is -0.337. The van der Waals surface area contributed by atoms with E-state index in [1.165, 1.54) is 5.56 Å². The lowest BCUT2D eigenvalue weighted by Crippen LogP contribution is -2.42. The minimum absolute atomic E-state index is 0.0175. The van der Waals surface area contributed by atoms with Crippen molar-refractivity contribution in [1.29, 1.82) is 0 Å². The zero-order valence-corrected chi connectivity index (χ0v) is 18.6. The van der Waals surface area contributed by atoms with Crippen molar-refractivity contribution in [3.05, 3.63) is 95.8 Å². The molecule has 166 valence electrons. The smallest absolute Gasteiger partial charge is 0.224 e. The number of piperidine rings is 1. The van der Waals surface area contributed by atoms with E-state index in [0.717, 1.165) is 55.9 Å². The summed E-state index contributed by atoms with van der Waals surface area (Å²) in [7, 11) is 1.65. The fourth-order valence-electron chi connectivity index (χ4n) is 4.37. The maximum absolute atomic E-state index is 13.2. The van der Waals surface area contributed by atoms with E-state index >= 15 is 0 Å². The molecule has 1 amide bonds. The predicted molar refractivity (Wildman–Crippen MR) is 127 cm³/mol. The monoisotopic (exact) mass is 429 g/mol. The topological polar surface area (TPSA) is 54.5 Å². The van der Waals surface area contributed by atoms with Gasteiger partial charge in [0.15, 0.2) is 0 Å². The van der Waals surface area contributed by atoms with Gasteiger partial charge in [0.25, 0.3) is 0 Å². The molecule has 1 aliphatic heterocycles. The van der Waals surface area contributed by atoms with E-state index in [1.54, 1.807) is 13.3 Å². The van der Waals surface area contributed by atoms with Crippen LogP contribution in [0, 0.1) is 5.92 Å². The first-order chi connectivity index (χ1) is 15.7. The highest BCUT2D eigenvalue weighted by Crippen LogP contribution is 2.30. The molecule has 0 aliphatic carbocycles. The number of rotatable bonds is 8. The van der Waals surface area contributed by atoms with Crippen molar-refractivity contribution in [3.8, 4) is 5.75 Å². The molecule has 3 aromatic rings. The Hall–Kier alpha value is -3.18. The Morgan fingerprint density at radius 2 is 1.75 bits per heavy atom. The number of pyridine rings is 1. The van der Waals surface area contributed by atoms with Crippen LogP contribution >= 0.6 is 0 Å². The van der Waals surface area contributed by atoms with Crippen molar-refractivity contribution in [2.75, 3.05) is 26.7 Å². The molecular formula is C27H31N3O2. The zero-order chi connectivity index (χ0) is 22.2. The van der Waals surface area contributed by atoms with E-state index in [4.69, 9.17) is 4.74 Å². The molecular weight excluding hydrogens is 398 g/mol. The van der Waals surface area contributed by atoms with Crippen LogP contribution in [-0.4, -0.2) is 42.5 Å². The molecule has 2 aromatic carbocycles. The van der Waals surface area contributed by atoms with Crippen molar-refractivity contribution >= 4 is 5.91 Å². The Balaban J connectivity index is 1.39. The summed E-state index contributed by atoms with van der Waals surface area (Å²) in [6.07, 6.45) is 4.56. The third-order valence-electron chi connectivity index (χ3n) is 6.24. The van der Waals surface area contributed by atoms with Crippen molar-refractivity contribution in [2.24, 2.45) is 5.92 Å². The number of nitrogens with one attached hydrogen (secondary N) is 1. The molecule has 1 N–H and O–H groups in total. The number of amides is 1. The van der Waals surface area contributed by atoms with Crippen LogP contribution in [0.2, 0.25) is 0 Å². The van der Waals surface area contributed by atoms with Crippen LogP contribution in [-0.2, 0) is 11.2 Å². The molecule has 1 atom stereocenters. The summed E-state index contributed by atoms with van der Waals surface area (Å²) in [6, 6.07) is 23.8. The molecule has 5 heteroatoms. The summed E-state index contributed by atoms with van der Waals surface area (Å²) < 4.78 is 5.57. The van der Waals surface area contributed by atoms with Crippen molar-refractivity contribution in [2.45, 2.75) is 25.3 Å². The number of para-hydroxylation sites is 1. The van der Waals surface area contributed by atoms with E-state index < -0.39 is 0 Å². The fraction of sp³-hybridized carbons (Fsp3) is 0.333. The van der Waals surface area contributed by atoms with E-state index in [0.29, 0.717) is 0 Å². The number of hydrogen-bond acceptors (Lipinski definition) is 4. The summed E-state index contributed by atoms with van der Waals surface area (Å²) in [6.45, 7) is 2.94. The second-order valence-corrected chi connectivity index (χ2v) is 8.29. The molecule has 32 heavy (non-hydrogen) atoms. The number of carbonyl (C=O) groups excluding carboxylic acids is 1. The van der Waals surface area contributed by atoms with E-state index in [-0.39, 0.29) is 17.9 Å². The fourth-order valence-corrected chi connectivity index (χ4v) is 4.37. The van der Waals surface area contributed by atoms with Crippen LogP contribution in [0.5, 0.6) is 5.75 Å². The molecule has 2 heterocycles. The Labute approximate surface area is 190 Å². The van der Waals surface area contributed by atoms with E-state index in [9.17, 15) is 4.79 Å². The minimum Gasteiger partial charge on any atom is -0.496 e. The van der Waals surface area contributed by atoms with E-state index in [1.807, 2.05) is 42.5 Å². The summed E-state index contributed by atoms with van der Waals surface area (Å²) in [4.78, 5) is 20.2. The van der Waals surface area contributed by atoms with Crippen molar-refractivity contribution in [3.63, 3.8) is 0 Å². The number of carbonyl (C=O) groups is 1. The molecule has 5 nitrogen and oxygen atoms in total. The number of aromatic nitrogens is 1. The zero-order valence-electron chi connectivity index (χ0n) is 18.6. The average Bonchev–Trinajstić information content (AvgIpc) is 2.87. The Morgan fingerprint density at radius 3 is 2.47 bits per heavy atom. The molecule has 1 unspecified atom stereocenters. The highest BCUT2D eigenvalue weighted by atomic mass is 16.5. The average molecular weight is 430 g/mol. The quantitative estimate of drug-likeness (QED) is 0.582. The number of benzene rings is 2. The normalized spacial score (nSPS) is 15.8. The van der Waals surface area contributed by atoms with Gasteiger partial charge in [0.05, 0.1) is 18.8 Å². The Morgan fingerprint density at radius 1 is 1.03 bits per heavy atom. The standard InChI is InChI=1S/C27H31N3O2/c1-32-25-13-6-5-11-23(25)26(24-12-7-8-17-28-24)29-27(31)22-15-19-30(20-16-22)18-14-21-9-3-2-4-10-21/h2-13,17,22,26H,14-16,18-20H2,1H3,(H,29,31). The van der Waals surface area contributed by atoms with Gasteiger partial charge in [0.1, 0.15) is 5.75 Å². The van der Waals surface area contributed by atoms with Crippen LogP contribution in [0.1, 0.15) is 35.7 Å². The van der Waals surface area contributed by atoms with Crippen LogP contribution in [0.15, 0.2) is 79.0 Å². The second kappa shape index (κ2) is 10.9. The predicted octanol–water partition coefficient (Wildman–Crippen LogP) is 4.25. The maximum atomic E-state index is 13.2. The van der Waals surface area contributed by atoms with Gasteiger partial charge in [-0.2, -0.15) is 0 Å². The van der Waals surface area contributed by atoms with E-state index in [2.05, 4.69) is 45.5 Å². The first-order valence-corrected chi connectivity index (χ1v) is 11.3. The van der Waals surface area contributed by atoms with Gasteiger partial charge in [-0.15, -0.1) is 0 Å². The van der Waals surface area contributed by atoms with Gasteiger partial charge in [-0.1, -0.05) is 54.6 Å². The molecule has 0 bridgehead atoms. The molecule has 0 spiro atoms.